The van der Waals surface area contributed by atoms with Gasteiger partial charge in [0.2, 0.25) is 5.72 Å². The second kappa shape index (κ2) is 3.24. The molecule has 1 rings (SSSR count). The quantitative estimate of drug-likeness (QED) is 0.415. The summed E-state index contributed by atoms with van der Waals surface area (Å²) in [5.74, 6) is 0. The molecule has 1 heterocycles. The Morgan fingerprint density at radius 2 is 2.50 bits per heavy atom. The highest BCUT2D eigenvalue weighted by atomic mass is 32.1. The van der Waals surface area contributed by atoms with Gasteiger partial charge in [-0.1, -0.05) is 5.16 Å². The van der Waals surface area contributed by atoms with Crippen LogP contribution in [0.4, 0.5) is 0 Å². The van der Waals surface area contributed by atoms with Gasteiger partial charge in [-0.15, -0.1) is 0 Å². The van der Waals surface area contributed by atoms with E-state index in [0.717, 1.165) is 5.71 Å². The Morgan fingerprint density at radius 1 is 1.83 bits per heavy atom. The monoisotopic (exact) mass is 188 g/mol. The van der Waals surface area contributed by atoms with Gasteiger partial charge in [-0.2, -0.15) is 5.43 Å². The Balaban J connectivity index is 2.38. The smallest absolute Gasteiger partial charge is 0.207 e. The molecule has 0 aromatic heterocycles. The predicted molar refractivity (Wildman–Crippen MR) is 50.3 cm³/mol. The summed E-state index contributed by atoms with van der Waals surface area (Å²) in [5, 5.41) is 3.98. The highest BCUT2D eigenvalue weighted by Crippen LogP contribution is 2.18. The Morgan fingerprint density at radius 3 is 2.92 bits per heavy atom. The van der Waals surface area contributed by atoms with Crippen molar-refractivity contribution in [1.82, 2.24) is 10.9 Å². The third kappa shape index (κ3) is 2.31. The van der Waals surface area contributed by atoms with E-state index in [-0.39, 0.29) is 5.11 Å². The molecule has 0 aromatic carbocycles. The number of hydrogen-bond donors (Lipinski definition) is 3. The minimum atomic E-state index is -0.534. The zero-order chi connectivity index (χ0) is 9.19. The minimum absolute atomic E-state index is 0.185. The lowest BCUT2D eigenvalue weighted by Gasteiger charge is -2.22. The molecule has 0 bridgehead atoms. The van der Waals surface area contributed by atoms with E-state index in [1.165, 1.54) is 0 Å². The molecule has 0 radical (unpaired) electrons. The van der Waals surface area contributed by atoms with Crippen molar-refractivity contribution < 1.29 is 4.84 Å². The number of rotatable bonds is 2. The van der Waals surface area contributed by atoms with E-state index in [2.05, 4.69) is 28.2 Å². The molecule has 0 aliphatic carbocycles. The number of hydrogen-bond acceptors (Lipinski definition) is 4. The van der Waals surface area contributed by atoms with E-state index >= 15 is 0 Å². The van der Waals surface area contributed by atoms with Crippen LogP contribution < -0.4 is 16.6 Å². The van der Waals surface area contributed by atoms with Crippen molar-refractivity contribution in [3.8, 4) is 0 Å². The van der Waals surface area contributed by atoms with Crippen LogP contribution in [0.5, 0.6) is 0 Å². The molecule has 0 saturated heterocycles. The first-order chi connectivity index (χ1) is 5.52. The molecule has 0 amide bonds. The van der Waals surface area contributed by atoms with E-state index in [4.69, 9.17) is 10.6 Å². The maximum atomic E-state index is 5.23. The molecule has 6 heteroatoms. The lowest BCUT2D eigenvalue weighted by atomic mass is 10.1. The van der Waals surface area contributed by atoms with Gasteiger partial charge < -0.3 is 10.6 Å². The van der Waals surface area contributed by atoms with E-state index in [0.29, 0.717) is 6.42 Å². The number of nitrogens with zero attached hydrogens (tertiary/aromatic N) is 1. The standard InChI is InChI=1S/C6H12N4OS/c1-4-3-6(2,11-9-4)10-8-5(7)12/h10H,3H2,1-2H3,(H3,7,8,12). The first-order valence-corrected chi connectivity index (χ1v) is 3.97. The maximum absolute atomic E-state index is 5.23. The summed E-state index contributed by atoms with van der Waals surface area (Å²) in [6, 6.07) is 0. The number of thiocarbonyl (C=S) groups is 1. The van der Waals surface area contributed by atoms with Gasteiger partial charge in [-0.05, 0) is 26.1 Å². The van der Waals surface area contributed by atoms with Crippen LogP contribution in [0.2, 0.25) is 0 Å². The molecule has 0 fully saturated rings. The zero-order valence-corrected chi connectivity index (χ0v) is 7.86. The van der Waals surface area contributed by atoms with E-state index < -0.39 is 5.72 Å². The van der Waals surface area contributed by atoms with Gasteiger partial charge in [0, 0.05) is 6.42 Å². The number of nitrogens with one attached hydrogen (secondary N) is 2. The van der Waals surface area contributed by atoms with Crippen molar-refractivity contribution in [2.75, 3.05) is 0 Å². The Hall–Kier alpha value is -0.880. The average Bonchev–Trinajstić information content (AvgIpc) is 2.29. The van der Waals surface area contributed by atoms with Crippen molar-refractivity contribution in [3.63, 3.8) is 0 Å². The summed E-state index contributed by atoms with van der Waals surface area (Å²) >= 11 is 4.62. The Bertz CT molecular complexity index is 230. The van der Waals surface area contributed by atoms with Gasteiger partial charge >= 0.3 is 0 Å². The highest BCUT2D eigenvalue weighted by Gasteiger charge is 2.32. The van der Waals surface area contributed by atoms with Crippen LogP contribution in [0.25, 0.3) is 0 Å². The molecule has 12 heavy (non-hydrogen) atoms. The largest absolute Gasteiger partial charge is 0.375 e. The van der Waals surface area contributed by atoms with Gasteiger partial charge in [-0.3, -0.25) is 5.43 Å². The zero-order valence-electron chi connectivity index (χ0n) is 7.05. The summed E-state index contributed by atoms with van der Waals surface area (Å²) in [6.07, 6.45) is 0.711. The second-order valence-electron chi connectivity index (χ2n) is 2.94. The fraction of sp³-hybridized carbons (Fsp3) is 0.667. The maximum Gasteiger partial charge on any atom is 0.207 e. The topological polar surface area (TPSA) is 71.7 Å². The van der Waals surface area contributed by atoms with Gasteiger partial charge in [0.05, 0.1) is 5.71 Å². The first-order valence-electron chi connectivity index (χ1n) is 3.56. The molecular weight excluding hydrogens is 176 g/mol. The van der Waals surface area contributed by atoms with Crippen LogP contribution in [-0.2, 0) is 4.84 Å². The normalized spacial score (nSPS) is 27.7. The molecular formula is C6H12N4OS. The van der Waals surface area contributed by atoms with E-state index in [1.54, 1.807) is 0 Å². The molecule has 0 saturated carbocycles. The van der Waals surface area contributed by atoms with Crippen LogP contribution in [0.3, 0.4) is 0 Å². The molecule has 68 valence electrons. The molecule has 4 N–H and O–H groups in total. The van der Waals surface area contributed by atoms with Crippen LogP contribution in [0.1, 0.15) is 20.3 Å². The lowest BCUT2D eigenvalue weighted by Crippen LogP contribution is -2.53. The van der Waals surface area contributed by atoms with Crippen molar-refractivity contribution in [2.24, 2.45) is 10.9 Å². The summed E-state index contributed by atoms with van der Waals surface area (Å²) < 4.78 is 0. The third-order valence-corrected chi connectivity index (χ3v) is 1.55. The molecule has 5 nitrogen and oxygen atoms in total. The summed E-state index contributed by atoms with van der Waals surface area (Å²) in [7, 11) is 0. The number of nitrogens with two attached hydrogens (primary N) is 1. The lowest BCUT2D eigenvalue weighted by molar-refractivity contribution is -0.0362. The van der Waals surface area contributed by atoms with Crippen molar-refractivity contribution >= 4 is 23.0 Å². The van der Waals surface area contributed by atoms with Crippen molar-refractivity contribution in [2.45, 2.75) is 26.0 Å². The highest BCUT2D eigenvalue weighted by molar-refractivity contribution is 7.80. The Labute approximate surface area is 76.3 Å². The van der Waals surface area contributed by atoms with Gasteiger partial charge in [0.1, 0.15) is 0 Å². The van der Waals surface area contributed by atoms with Crippen molar-refractivity contribution in [1.29, 1.82) is 0 Å². The predicted octanol–water partition coefficient (Wildman–Crippen LogP) is -0.163. The molecule has 1 unspecified atom stereocenters. The number of oxime groups is 1. The van der Waals surface area contributed by atoms with Crippen LogP contribution in [0, 0.1) is 0 Å². The van der Waals surface area contributed by atoms with Gasteiger partial charge in [0.15, 0.2) is 5.11 Å². The minimum Gasteiger partial charge on any atom is -0.375 e. The van der Waals surface area contributed by atoms with Gasteiger partial charge in [-0.25, -0.2) is 0 Å². The summed E-state index contributed by atoms with van der Waals surface area (Å²) in [5.41, 5.74) is 11.1. The van der Waals surface area contributed by atoms with Crippen LogP contribution in [-0.4, -0.2) is 16.5 Å². The van der Waals surface area contributed by atoms with E-state index in [1.807, 2.05) is 13.8 Å². The summed E-state index contributed by atoms with van der Waals surface area (Å²) in [6.45, 7) is 3.76. The summed E-state index contributed by atoms with van der Waals surface area (Å²) in [4.78, 5) is 5.10. The average molecular weight is 188 g/mol. The first kappa shape index (κ1) is 9.21. The van der Waals surface area contributed by atoms with Gasteiger partial charge in [0.25, 0.3) is 0 Å². The van der Waals surface area contributed by atoms with Crippen molar-refractivity contribution in [3.05, 3.63) is 0 Å². The molecule has 0 aromatic rings. The number of hydrazine groups is 1. The molecule has 1 aliphatic heterocycles. The molecule has 1 atom stereocenters. The fourth-order valence-electron chi connectivity index (χ4n) is 0.992. The van der Waals surface area contributed by atoms with Crippen LogP contribution >= 0.6 is 12.2 Å². The SMILES string of the molecule is CC1=NOC(C)(NNC(N)=S)C1. The molecule has 0 spiro atoms. The second-order valence-corrected chi connectivity index (χ2v) is 3.38. The fourth-order valence-corrected chi connectivity index (χ4v) is 1.04. The van der Waals surface area contributed by atoms with Crippen LogP contribution in [0.15, 0.2) is 5.16 Å². The molecule has 1 aliphatic rings. The Kier molecular flexibility index (Phi) is 2.49. The van der Waals surface area contributed by atoms with E-state index in [9.17, 15) is 0 Å². The third-order valence-electron chi connectivity index (χ3n) is 1.45.